The number of aliphatic imine (C=N–C) groups is 2. The van der Waals surface area contributed by atoms with Crippen molar-refractivity contribution >= 4 is 46.4 Å². The van der Waals surface area contributed by atoms with Crippen LogP contribution in [0.3, 0.4) is 0 Å². The van der Waals surface area contributed by atoms with Crippen molar-refractivity contribution in [2.45, 2.75) is 27.7 Å². The molecule has 0 unspecified atom stereocenters. The van der Waals surface area contributed by atoms with Gasteiger partial charge >= 0.3 is 11.9 Å². The molecule has 0 saturated heterocycles. The number of ether oxygens (including phenoxy) is 2. The van der Waals surface area contributed by atoms with E-state index >= 15 is 0 Å². The summed E-state index contributed by atoms with van der Waals surface area (Å²) in [4.78, 5) is 34.0. The fourth-order valence-corrected chi connectivity index (χ4v) is 3.36. The van der Waals surface area contributed by atoms with Gasteiger partial charge < -0.3 is 9.47 Å². The van der Waals surface area contributed by atoms with E-state index in [0.29, 0.717) is 9.88 Å². The SMILES string of the molecule is CC=Nc1ccc(C=Nc2sc(C)c(C(=O)OCC)c2C(=O)OCC)cc1. The lowest BCUT2D eigenvalue weighted by Gasteiger charge is -2.06. The summed E-state index contributed by atoms with van der Waals surface area (Å²) in [6.07, 6.45) is 3.36. The van der Waals surface area contributed by atoms with Gasteiger partial charge in [-0.25, -0.2) is 14.6 Å². The number of benzene rings is 1. The first-order valence-corrected chi connectivity index (χ1v) is 9.43. The Morgan fingerprint density at radius 2 is 1.59 bits per heavy atom. The molecule has 0 aliphatic rings. The van der Waals surface area contributed by atoms with E-state index in [1.807, 2.05) is 31.2 Å². The van der Waals surface area contributed by atoms with Crippen molar-refractivity contribution < 1.29 is 19.1 Å². The Morgan fingerprint density at radius 3 is 2.15 bits per heavy atom. The van der Waals surface area contributed by atoms with Gasteiger partial charge in [0.15, 0.2) is 0 Å². The summed E-state index contributed by atoms with van der Waals surface area (Å²) < 4.78 is 10.2. The summed E-state index contributed by atoms with van der Waals surface area (Å²) in [6, 6.07) is 7.50. The van der Waals surface area contributed by atoms with Crippen LogP contribution in [-0.4, -0.2) is 37.6 Å². The molecule has 27 heavy (non-hydrogen) atoms. The Bertz CT molecular complexity index is 867. The molecule has 0 amide bonds. The topological polar surface area (TPSA) is 77.3 Å². The zero-order valence-corrected chi connectivity index (χ0v) is 16.6. The first-order chi connectivity index (χ1) is 13.0. The molecule has 0 saturated carbocycles. The Labute approximate surface area is 162 Å². The van der Waals surface area contributed by atoms with Crippen LogP contribution in [0.1, 0.15) is 51.9 Å². The Morgan fingerprint density at radius 1 is 1.00 bits per heavy atom. The van der Waals surface area contributed by atoms with Crippen LogP contribution in [0.4, 0.5) is 10.7 Å². The zero-order valence-electron chi connectivity index (χ0n) is 15.8. The van der Waals surface area contributed by atoms with Crippen LogP contribution in [0.2, 0.25) is 0 Å². The molecule has 0 bridgehead atoms. The monoisotopic (exact) mass is 386 g/mol. The number of carbonyl (C=O) groups excluding carboxylic acids is 2. The fourth-order valence-electron chi connectivity index (χ4n) is 2.39. The third-order valence-electron chi connectivity index (χ3n) is 3.53. The van der Waals surface area contributed by atoms with Gasteiger partial charge in [-0.3, -0.25) is 4.99 Å². The molecular weight excluding hydrogens is 364 g/mol. The van der Waals surface area contributed by atoms with Gasteiger partial charge in [-0.2, -0.15) is 0 Å². The average molecular weight is 386 g/mol. The second-order valence-electron chi connectivity index (χ2n) is 5.39. The molecule has 0 fully saturated rings. The van der Waals surface area contributed by atoms with Crippen LogP contribution in [0.15, 0.2) is 34.3 Å². The van der Waals surface area contributed by atoms with Gasteiger partial charge in [-0.05, 0) is 45.4 Å². The van der Waals surface area contributed by atoms with Crippen LogP contribution in [0.5, 0.6) is 0 Å². The number of hydrogen-bond donors (Lipinski definition) is 0. The Hall–Kier alpha value is -2.80. The largest absolute Gasteiger partial charge is 0.462 e. The van der Waals surface area contributed by atoms with Crippen molar-refractivity contribution in [1.29, 1.82) is 0 Å². The molecule has 2 aromatic rings. The quantitative estimate of drug-likeness (QED) is 0.502. The second kappa shape index (κ2) is 9.78. The summed E-state index contributed by atoms with van der Waals surface area (Å²) in [6.45, 7) is 7.47. The summed E-state index contributed by atoms with van der Waals surface area (Å²) in [5.41, 5.74) is 2.07. The second-order valence-corrected chi connectivity index (χ2v) is 6.59. The van der Waals surface area contributed by atoms with Gasteiger partial charge in [-0.15, -0.1) is 11.3 Å². The van der Waals surface area contributed by atoms with E-state index in [1.165, 1.54) is 11.3 Å². The summed E-state index contributed by atoms with van der Waals surface area (Å²) in [7, 11) is 0. The predicted molar refractivity (Wildman–Crippen MR) is 108 cm³/mol. The van der Waals surface area contributed by atoms with Crippen LogP contribution in [0.25, 0.3) is 0 Å². The number of aryl methyl sites for hydroxylation is 1. The van der Waals surface area contributed by atoms with Crippen LogP contribution < -0.4 is 0 Å². The molecule has 1 aromatic carbocycles. The lowest BCUT2D eigenvalue weighted by molar-refractivity contribution is 0.0480. The van der Waals surface area contributed by atoms with Gasteiger partial charge in [0.05, 0.1) is 24.5 Å². The van der Waals surface area contributed by atoms with Crippen molar-refractivity contribution in [3.63, 3.8) is 0 Å². The number of nitrogens with zero attached hydrogens (tertiary/aromatic N) is 2. The van der Waals surface area contributed by atoms with Crippen LogP contribution in [-0.2, 0) is 9.47 Å². The number of esters is 2. The molecule has 0 atom stereocenters. The summed E-state index contributed by atoms with van der Waals surface area (Å²) >= 11 is 1.26. The molecule has 2 rings (SSSR count). The first kappa shape index (κ1) is 20.5. The molecule has 1 aromatic heterocycles. The molecule has 0 N–H and O–H groups in total. The van der Waals surface area contributed by atoms with Crippen molar-refractivity contribution in [3.05, 3.63) is 45.8 Å². The molecular formula is C20H22N2O4S. The number of rotatable bonds is 7. The maximum Gasteiger partial charge on any atom is 0.342 e. The Balaban J connectivity index is 2.41. The van der Waals surface area contributed by atoms with E-state index in [9.17, 15) is 9.59 Å². The highest BCUT2D eigenvalue weighted by Gasteiger charge is 2.28. The third kappa shape index (κ3) is 5.10. The van der Waals surface area contributed by atoms with Gasteiger partial charge in [0.25, 0.3) is 0 Å². The average Bonchev–Trinajstić information content (AvgIpc) is 2.98. The normalized spacial score (nSPS) is 11.3. The van der Waals surface area contributed by atoms with Crippen LogP contribution in [0, 0.1) is 6.92 Å². The van der Waals surface area contributed by atoms with Gasteiger partial charge in [0.2, 0.25) is 0 Å². The van der Waals surface area contributed by atoms with E-state index in [0.717, 1.165) is 11.3 Å². The molecule has 0 aliphatic carbocycles. The number of carbonyl (C=O) groups is 2. The molecule has 142 valence electrons. The van der Waals surface area contributed by atoms with Crippen molar-refractivity contribution in [3.8, 4) is 0 Å². The van der Waals surface area contributed by atoms with Gasteiger partial charge in [-0.1, -0.05) is 12.1 Å². The number of thiophene rings is 1. The molecule has 6 nitrogen and oxygen atoms in total. The van der Waals surface area contributed by atoms with Gasteiger partial charge in [0.1, 0.15) is 10.6 Å². The van der Waals surface area contributed by atoms with Gasteiger partial charge in [0, 0.05) is 17.3 Å². The summed E-state index contributed by atoms with van der Waals surface area (Å²) in [5.74, 6) is -1.12. The highest BCUT2D eigenvalue weighted by Crippen LogP contribution is 2.36. The standard InChI is InChI=1S/C20H22N2O4S/c1-5-21-15-10-8-14(9-11-15)12-22-18-17(20(24)26-7-3)16(13(4)27-18)19(23)25-6-2/h5,8-12H,6-7H2,1-4H3. The molecule has 0 aliphatic heterocycles. The maximum atomic E-state index is 12.4. The molecule has 0 spiro atoms. The lowest BCUT2D eigenvalue weighted by Crippen LogP contribution is -2.13. The van der Waals surface area contributed by atoms with Crippen molar-refractivity contribution in [1.82, 2.24) is 0 Å². The van der Waals surface area contributed by atoms with E-state index in [2.05, 4.69) is 9.98 Å². The summed E-state index contributed by atoms with van der Waals surface area (Å²) in [5, 5.41) is 0.421. The van der Waals surface area contributed by atoms with Crippen molar-refractivity contribution in [2.75, 3.05) is 13.2 Å². The lowest BCUT2D eigenvalue weighted by atomic mass is 10.1. The molecule has 0 radical (unpaired) electrons. The van der Waals surface area contributed by atoms with E-state index in [-0.39, 0.29) is 24.3 Å². The van der Waals surface area contributed by atoms with E-state index in [1.54, 1.807) is 33.2 Å². The zero-order chi connectivity index (χ0) is 19.8. The van der Waals surface area contributed by atoms with Crippen molar-refractivity contribution in [2.24, 2.45) is 9.98 Å². The molecule has 1 heterocycles. The fraction of sp³-hybridized carbons (Fsp3) is 0.300. The Kier molecular flexibility index (Phi) is 7.43. The highest BCUT2D eigenvalue weighted by molar-refractivity contribution is 7.16. The minimum absolute atomic E-state index is 0.154. The van der Waals surface area contributed by atoms with E-state index in [4.69, 9.17) is 9.47 Å². The molecule has 7 heteroatoms. The smallest absolute Gasteiger partial charge is 0.342 e. The third-order valence-corrected chi connectivity index (χ3v) is 4.54. The highest BCUT2D eigenvalue weighted by atomic mass is 32.1. The minimum atomic E-state index is -0.579. The number of hydrogen-bond acceptors (Lipinski definition) is 7. The predicted octanol–water partition coefficient (Wildman–Crippen LogP) is 4.88. The first-order valence-electron chi connectivity index (χ1n) is 8.62. The van der Waals surface area contributed by atoms with E-state index < -0.39 is 11.9 Å². The van der Waals surface area contributed by atoms with Crippen LogP contribution >= 0.6 is 11.3 Å². The minimum Gasteiger partial charge on any atom is -0.462 e. The maximum absolute atomic E-state index is 12.4.